The number of nitrogens with zero attached hydrogens (tertiary/aromatic N) is 4. The van der Waals surface area contributed by atoms with Gasteiger partial charge in [0.1, 0.15) is 0 Å². The van der Waals surface area contributed by atoms with Crippen LogP contribution in [-0.2, 0) is 11.2 Å². The zero-order valence-corrected chi connectivity index (χ0v) is 10.6. The van der Waals surface area contributed by atoms with Crippen LogP contribution in [0.1, 0.15) is 23.1 Å². The Balaban J connectivity index is 2.22. The number of carbonyl (C=O) groups is 1. The molecule has 2 N–H and O–H groups in total. The number of hydrogen-bond donors (Lipinski definition) is 1. The minimum absolute atomic E-state index is 0.340. The first-order valence-corrected chi connectivity index (χ1v) is 6.01. The Morgan fingerprint density at radius 1 is 1.37 bits per heavy atom. The number of tetrazole rings is 1. The first-order valence-electron chi connectivity index (χ1n) is 6.01. The second-order valence-electron chi connectivity index (χ2n) is 3.81. The predicted molar refractivity (Wildman–Crippen MR) is 67.9 cm³/mol. The second-order valence-corrected chi connectivity index (χ2v) is 3.81. The van der Waals surface area contributed by atoms with E-state index in [-0.39, 0.29) is 5.97 Å². The molecule has 1 aromatic heterocycles. The van der Waals surface area contributed by atoms with Gasteiger partial charge in [-0.05, 0) is 48.2 Å². The molecule has 0 aliphatic heterocycles. The van der Waals surface area contributed by atoms with Crippen LogP contribution in [0.4, 0.5) is 0 Å². The maximum absolute atomic E-state index is 11.5. The SMILES string of the molecule is CCOC(=O)c1ccc(-n2nnnc2CCN)cc1. The molecular weight excluding hydrogens is 246 g/mol. The molecule has 1 aromatic carbocycles. The lowest BCUT2D eigenvalue weighted by molar-refractivity contribution is 0.0526. The van der Waals surface area contributed by atoms with Crippen LogP contribution in [0.3, 0.4) is 0 Å². The van der Waals surface area contributed by atoms with Crippen LogP contribution < -0.4 is 5.73 Å². The minimum Gasteiger partial charge on any atom is -0.462 e. The van der Waals surface area contributed by atoms with E-state index in [9.17, 15) is 4.79 Å². The van der Waals surface area contributed by atoms with E-state index in [1.165, 1.54) is 0 Å². The van der Waals surface area contributed by atoms with Crippen LogP contribution in [0.25, 0.3) is 5.69 Å². The van der Waals surface area contributed by atoms with Gasteiger partial charge >= 0.3 is 5.97 Å². The highest BCUT2D eigenvalue weighted by atomic mass is 16.5. The van der Waals surface area contributed by atoms with E-state index < -0.39 is 0 Å². The van der Waals surface area contributed by atoms with E-state index in [0.29, 0.717) is 31.0 Å². The van der Waals surface area contributed by atoms with E-state index >= 15 is 0 Å². The highest BCUT2D eigenvalue weighted by Crippen LogP contribution is 2.11. The van der Waals surface area contributed by atoms with Gasteiger partial charge in [-0.15, -0.1) is 5.10 Å². The van der Waals surface area contributed by atoms with Crippen LogP contribution in [0.15, 0.2) is 24.3 Å². The van der Waals surface area contributed by atoms with Gasteiger partial charge in [-0.2, -0.15) is 4.68 Å². The third kappa shape index (κ3) is 2.94. The molecule has 0 saturated carbocycles. The smallest absolute Gasteiger partial charge is 0.338 e. The molecular formula is C12H15N5O2. The van der Waals surface area contributed by atoms with Gasteiger partial charge in [-0.25, -0.2) is 4.79 Å². The number of hydrogen-bond acceptors (Lipinski definition) is 6. The lowest BCUT2D eigenvalue weighted by Gasteiger charge is -2.05. The first kappa shape index (κ1) is 13.2. The summed E-state index contributed by atoms with van der Waals surface area (Å²) in [6.45, 7) is 2.60. The molecule has 7 heteroatoms. The van der Waals surface area contributed by atoms with Crippen molar-refractivity contribution in [3.8, 4) is 5.69 Å². The van der Waals surface area contributed by atoms with Gasteiger partial charge in [0.15, 0.2) is 5.82 Å². The molecule has 0 amide bonds. The van der Waals surface area contributed by atoms with Gasteiger partial charge in [0.25, 0.3) is 0 Å². The van der Waals surface area contributed by atoms with Gasteiger partial charge < -0.3 is 10.5 Å². The van der Waals surface area contributed by atoms with E-state index in [1.54, 1.807) is 35.9 Å². The normalized spacial score (nSPS) is 10.4. The quantitative estimate of drug-likeness (QED) is 0.780. The monoisotopic (exact) mass is 261 g/mol. The van der Waals surface area contributed by atoms with Gasteiger partial charge in [0, 0.05) is 6.42 Å². The maximum atomic E-state index is 11.5. The number of rotatable bonds is 5. The van der Waals surface area contributed by atoms with Crippen molar-refractivity contribution in [1.82, 2.24) is 20.2 Å². The third-order valence-electron chi connectivity index (χ3n) is 2.53. The summed E-state index contributed by atoms with van der Waals surface area (Å²) in [5.74, 6) is 0.347. The van der Waals surface area contributed by atoms with Crippen molar-refractivity contribution >= 4 is 5.97 Å². The van der Waals surface area contributed by atoms with Crippen molar-refractivity contribution in [2.75, 3.05) is 13.2 Å². The molecule has 0 aliphatic rings. The number of benzene rings is 1. The Bertz CT molecular complexity index is 550. The topological polar surface area (TPSA) is 95.9 Å². The molecule has 0 unspecified atom stereocenters. The number of carbonyl (C=O) groups excluding carboxylic acids is 1. The van der Waals surface area contributed by atoms with Crippen molar-refractivity contribution in [2.45, 2.75) is 13.3 Å². The summed E-state index contributed by atoms with van der Waals surface area (Å²) in [4.78, 5) is 11.5. The standard InChI is InChI=1S/C12H15N5O2/c1-2-19-12(18)9-3-5-10(6-4-9)17-11(7-8-13)14-15-16-17/h3-6H,2,7-8,13H2,1H3. The average Bonchev–Trinajstić information content (AvgIpc) is 2.88. The molecule has 1 heterocycles. The maximum Gasteiger partial charge on any atom is 0.338 e. The number of ether oxygens (including phenoxy) is 1. The summed E-state index contributed by atoms with van der Waals surface area (Å²) >= 11 is 0. The van der Waals surface area contributed by atoms with Gasteiger partial charge in [0.05, 0.1) is 17.9 Å². The molecule has 7 nitrogen and oxygen atoms in total. The number of esters is 1. The van der Waals surface area contributed by atoms with Crippen LogP contribution >= 0.6 is 0 Å². The fraction of sp³-hybridized carbons (Fsp3) is 0.333. The lowest BCUT2D eigenvalue weighted by Crippen LogP contribution is -2.10. The van der Waals surface area contributed by atoms with Crippen molar-refractivity contribution in [3.63, 3.8) is 0 Å². The van der Waals surface area contributed by atoms with E-state index in [0.717, 1.165) is 5.69 Å². The molecule has 0 atom stereocenters. The van der Waals surface area contributed by atoms with Gasteiger partial charge in [-0.1, -0.05) is 0 Å². The van der Waals surface area contributed by atoms with Crippen molar-refractivity contribution in [1.29, 1.82) is 0 Å². The summed E-state index contributed by atoms with van der Waals surface area (Å²) < 4.78 is 6.52. The number of aromatic nitrogens is 4. The zero-order chi connectivity index (χ0) is 13.7. The van der Waals surface area contributed by atoms with Gasteiger partial charge in [0.2, 0.25) is 0 Å². The fourth-order valence-electron chi connectivity index (χ4n) is 1.64. The van der Waals surface area contributed by atoms with E-state index in [4.69, 9.17) is 10.5 Å². The Morgan fingerprint density at radius 2 is 2.11 bits per heavy atom. The third-order valence-corrected chi connectivity index (χ3v) is 2.53. The Kier molecular flexibility index (Phi) is 4.19. The Morgan fingerprint density at radius 3 is 2.74 bits per heavy atom. The highest BCUT2D eigenvalue weighted by Gasteiger charge is 2.09. The largest absolute Gasteiger partial charge is 0.462 e. The Labute approximate surface area is 110 Å². The molecule has 2 rings (SSSR count). The van der Waals surface area contributed by atoms with Crippen molar-refractivity contribution in [2.24, 2.45) is 5.73 Å². The zero-order valence-electron chi connectivity index (χ0n) is 10.6. The molecule has 0 bridgehead atoms. The molecule has 100 valence electrons. The van der Waals surface area contributed by atoms with Crippen molar-refractivity contribution < 1.29 is 9.53 Å². The van der Waals surface area contributed by atoms with E-state index in [1.807, 2.05) is 0 Å². The van der Waals surface area contributed by atoms with Crippen molar-refractivity contribution in [3.05, 3.63) is 35.7 Å². The van der Waals surface area contributed by atoms with Crippen LogP contribution in [0.2, 0.25) is 0 Å². The first-order chi connectivity index (χ1) is 9.26. The molecule has 19 heavy (non-hydrogen) atoms. The van der Waals surface area contributed by atoms with Crippen LogP contribution in [-0.4, -0.2) is 39.3 Å². The molecule has 2 aromatic rings. The van der Waals surface area contributed by atoms with Crippen LogP contribution in [0, 0.1) is 0 Å². The fourth-order valence-corrected chi connectivity index (χ4v) is 1.64. The molecule has 0 saturated heterocycles. The average molecular weight is 261 g/mol. The van der Waals surface area contributed by atoms with E-state index in [2.05, 4.69) is 15.5 Å². The Hall–Kier alpha value is -2.28. The molecule has 0 fully saturated rings. The lowest BCUT2D eigenvalue weighted by atomic mass is 10.2. The van der Waals surface area contributed by atoms with Gasteiger partial charge in [-0.3, -0.25) is 0 Å². The summed E-state index contributed by atoms with van der Waals surface area (Å²) in [6.07, 6.45) is 0.590. The molecule has 0 spiro atoms. The predicted octanol–water partition coefficient (Wildman–Crippen LogP) is 0.340. The minimum atomic E-state index is -0.340. The highest BCUT2D eigenvalue weighted by molar-refractivity contribution is 5.89. The summed E-state index contributed by atoms with van der Waals surface area (Å²) in [6, 6.07) is 6.90. The second kappa shape index (κ2) is 6.05. The van der Waals surface area contributed by atoms with Crippen LogP contribution in [0.5, 0.6) is 0 Å². The summed E-state index contributed by atoms with van der Waals surface area (Å²) in [5, 5.41) is 11.4. The molecule has 0 radical (unpaired) electrons. The molecule has 0 aliphatic carbocycles. The summed E-state index contributed by atoms with van der Waals surface area (Å²) in [5.41, 5.74) is 6.77. The summed E-state index contributed by atoms with van der Waals surface area (Å²) in [7, 11) is 0. The number of nitrogens with two attached hydrogens (primary N) is 1.